The Kier molecular flexibility index (Phi) is 3.63. The van der Waals surface area contributed by atoms with E-state index in [1.807, 2.05) is 24.3 Å². The molecule has 4 rings (SSSR count). The molecule has 2 atom stereocenters. The summed E-state index contributed by atoms with van der Waals surface area (Å²) in [6.45, 7) is 1.98. The van der Waals surface area contributed by atoms with E-state index in [9.17, 15) is 0 Å². The average molecular weight is 314 g/mol. The summed E-state index contributed by atoms with van der Waals surface area (Å²) in [6.07, 6.45) is 0. The minimum Gasteiger partial charge on any atom is -0.457 e. The lowest BCUT2D eigenvalue weighted by Gasteiger charge is -2.17. The molecule has 0 amide bonds. The topological polar surface area (TPSA) is 21.3 Å². The number of fused-ring (bicyclic) bond motifs is 5. The van der Waals surface area contributed by atoms with E-state index in [0.717, 1.165) is 29.6 Å². The Balaban J connectivity index is 0.00000121. The number of para-hydroxylation sites is 1. The van der Waals surface area contributed by atoms with E-state index in [2.05, 4.69) is 23.5 Å². The lowest BCUT2D eigenvalue weighted by molar-refractivity contribution is 0.476. The highest BCUT2D eigenvalue weighted by Gasteiger charge is 2.35. The standard InChI is InChI=1S/C16H14ClNO.ClH/c17-10-5-6-16-12(7-10)14-9-18-8-13(14)11-3-1-2-4-15(11)19-16;/h1-7,13-14,18H,8-9H2;1H/t13-,14-;/m0./s1/i5+1,6+1,7+1,10+1,12+1,16+1;. The Bertz CT molecular complexity index is 644. The van der Waals surface area contributed by atoms with Gasteiger partial charge in [0.15, 0.2) is 0 Å². The van der Waals surface area contributed by atoms with Crippen LogP contribution in [0.1, 0.15) is 23.0 Å². The number of ether oxygens (including phenoxy) is 1. The Hall–Kier alpha value is -1.22. The second-order valence-electron chi connectivity index (χ2n) is 5.19. The van der Waals surface area contributed by atoms with Crippen molar-refractivity contribution in [1.82, 2.24) is 5.32 Å². The molecule has 20 heavy (non-hydrogen) atoms. The van der Waals surface area contributed by atoms with E-state index >= 15 is 0 Å². The van der Waals surface area contributed by atoms with Crippen LogP contribution in [0.2, 0.25) is 5.02 Å². The fourth-order valence-electron chi connectivity index (χ4n) is 3.23. The quantitative estimate of drug-likeness (QED) is 0.781. The van der Waals surface area contributed by atoms with Gasteiger partial charge < -0.3 is 10.1 Å². The monoisotopic (exact) mass is 313 g/mol. The van der Waals surface area contributed by atoms with Crippen LogP contribution in [0.4, 0.5) is 0 Å². The predicted octanol–water partition coefficient (Wildman–Crippen LogP) is 4.34. The second kappa shape index (κ2) is 5.28. The molecule has 0 aromatic heterocycles. The Morgan fingerprint density at radius 2 is 1.65 bits per heavy atom. The molecule has 104 valence electrons. The summed E-state index contributed by atoms with van der Waals surface area (Å²) in [5.41, 5.74) is 2.52. The Morgan fingerprint density at radius 1 is 0.950 bits per heavy atom. The van der Waals surface area contributed by atoms with Crippen LogP contribution in [0.3, 0.4) is 0 Å². The maximum Gasteiger partial charge on any atom is 0.131 e. The van der Waals surface area contributed by atoms with Gasteiger partial charge in [0.1, 0.15) is 11.5 Å². The maximum atomic E-state index is 6.16. The largest absolute Gasteiger partial charge is 0.457 e. The lowest BCUT2D eigenvalue weighted by Crippen LogP contribution is -2.08. The van der Waals surface area contributed by atoms with Crippen molar-refractivity contribution in [2.75, 3.05) is 13.1 Å². The van der Waals surface area contributed by atoms with Crippen LogP contribution < -0.4 is 10.1 Å². The Labute approximate surface area is 129 Å². The molecule has 0 radical (unpaired) electrons. The van der Waals surface area contributed by atoms with Gasteiger partial charge in [-0.2, -0.15) is 0 Å². The van der Waals surface area contributed by atoms with Crippen LogP contribution in [0.15, 0.2) is 42.5 Å². The van der Waals surface area contributed by atoms with E-state index in [0.29, 0.717) is 11.8 Å². The van der Waals surface area contributed by atoms with Gasteiger partial charge in [-0.3, -0.25) is 0 Å². The third-order valence-electron chi connectivity index (χ3n) is 4.12. The van der Waals surface area contributed by atoms with Crippen molar-refractivity contribution >= 4 is 24.0 Å². The first-order chi connectivity index (χ1) is 9.33. The summed E-state index contributed by atoms with van der Waals surface area (Å²) >= 11 is 6.16. The first-order valence-electron chi connectivity index (χ1n) is 6.60. The van der Waals surface area contributed by atoms with Crippen LogP contribution in [-0.4, -0.2) is 13.1 Å². The van der Waals surface area contributed by atoms with E-state index < -0.39 is 0 Å². The molecule has 2 aliphatic rings. The number of benzene rings is 2. The summed E-state index contributed by atoms with van der Waals surface area (Å²) in [5.74, 6) is 2.82. The Morgan fingerprint density at radius 3 is 2.50 bits per heavy atom. The smallest absolute Gasteiger partial charge is 0.131 e. The summed E-state index contributed by atoms with van der Waals surface area (Å²) < 4.78 is 6.11. The van der Waals surface area contributed by atoms with Gasteiger partial charge in [-0.25, -0.2) is 0 Å². The molecule has 1 fully saturated rings. The molecule has 0 bridgehead atoms. The molecule has 0 aliphatic carbocycles. The van der Waals surface area contributed by atoms with Crippen molar-refractivity contribution in [3.05, 3.63) is 58.6 Å². The fourth-order valence-corrected chi connectivity index (χ4v) is 3.41. The molecule has 4 heteroatoms. The molecule has 0 spiro atoms. The zero-order chi connectivity index (χ0) is 12.8. The zero-order valence-corrected chi connectivity index (χ0v) is 12.4. The van der Waals surface area contributed by atoms with E-state index in [-0.39, 0.29) is 12.4 Å². The zero-order valence-electron chi connectivity index (χ0n) is 10.8. The number of rotatable bonds is 0. The van der Waals surface area contributed by atoms with E-state index in [1.165, 1.54) is 11.1 Å². The third-order valence-corrected chi connectivity index (χ3v) is 4.36. The van der Waals surface area contributed by atoms with Crippen molar-refractivity contribution < 1.29 is 4.74 Å². The highest BCUT2D eigenvalue weighted by molar-refractivity contribution is 6.30. The second-order valence-corrected chi connectivity index (χ2v) is 5.63. The van der Waals surface area contributed by atoms with Crippen molar-refractivity contribution in [1.29, 1.82) is 0 Å². The third kappa shape index (κ3) is 2.08. The molecule has 1 saturated heterocycles. The highest BCUT2D eigenvalue weighted by Crippen LogP contribution is 2.48. The molecule has 1 N–H and O–H groups in total. The SMILES string of the molecule is Cl.Cl[13c]1[13cH][13cH][13c]2[13c]([13cH]1)[C@@H]1CNC[C@H]1c1ccccc1O2. The number of hydrogen-bond donors (Lipinski definition) is 1. The summed E-state index contributed by atoms with van der Waals surface area (Å²) in [6, 6.07) is 14.3. The van der Waals surface area contributed by atoms with Gasteiger partial charge in [0.05, 0.1) is 0 Å². The molecule has 0 saturated carbocycles. The molecule has 2 aromatic carbocycles. The molecule has 2 aliphatic heterocycles. The van der Waals surface area contributed by atoms with Crippen LogP contribution in [-0.2, 0) is 0 Å². The van der Waals surface area contributed by atoms with Gasteiger partial charge in [0.25, 0.3) is 0 Å². The van der Waals surface area contributed by atoms with Gasteiger partial charge >= 0.3 is 0 Å². The van der Waals surface area contributed by atoms with Crippen molar-refractivity contribution in [3.8, 4) is 11.5 Å². The fraction of sp³-hybridized carbons (Fsp3) is 0.250. The van der Waals surface area contributed by atoms with Gasteiger partial charge in [0, 0.05) is 35.5 Å². The summed E-state index contributed by atoms with van der Waals surface area (Å²) in [7, 11) is 0. The average Bonchev–Trinajstić information content (AvgIpc) is 2.86. The first-order valence-corrected chi connectivity index (χ1v) is 6.97. The van der Waals surface area contributed by atoms with Gasteiger partial charge in [0.2, 0.25) is 0 Å². The van der Waals surface area contributed by atoms with Crippen LogP contribution in [0.25, 0.3) is 0 Å². The number of hydrogen-bond acceptors (Lipinski definition) is 2. The van der Waals surface area contributed by atoms with Gasteiger partial charge in [-0.15, -0.1) is 12.4 Å². The molecule has 0 unspecified atom stereocenters. The summed E-state index contributed by atoms with van der Waals surface area (Å²) in [5, 5.41) is 4.27. The number of halogens is 2. The molecular weight excluding hydrogens is 299 g/mol. The van der Waals surface area contributed by atoms with E-state index in [1.54, 1.807) is 0 Å². The molecule has 2 aromatic rings. The minimum atomic E-state index is 0. The lowest BCUT2D eigenvalue weighted by atomic mass is 9.92. The van der Waals surface area contributed by atoms with Gasteiger partial charge in [-0.1, -0.05) is 29.8 Å². The predicted molar refractivity (Wildman–Crippen MR) is 83.6 cm³/mol. The van der Waals surface area contributed by atoms with Crippen LogP contribution >= 0.6 is 24.0 Å². The van der Waals surface area contributed by atoms with Crippen LogP contribution in [0, 0.1) is 0 Å². The molecule has 2 heterocycles. The number of nitrogens with one attached hydrogen (secondary N) is 1. The normalized spacial score (nSPS) is 22.6. The maximum absolute atomic E-state index is 6.16. The van der Waals surface area contributed by atoms with Crippen molar-refractivity contribution in [2.45, 2.75) is 11.8 Å². The van der Waals surface area contributed by atoms with E-state index in [4.69, 9.17) is 16.3 Å². The van der Waals surface area contributed by atoms with Gasteiger partial charge in [-0.05, 0) is 29.8 Å². The summed E-state index contributed by atoms with van der Waals surface area (Å²) in [4.78, 5) is 0. The minimum absolute atomic E-state index is 0. The molecule has 2 nitrogen and oxygen atoms in total. The molecular formula is C16H15Cl2NO. The van der Waals surface area contributed by atoms with Crippen molar-refractivity contribution in [3.63, 3.8) is 0 Å². The first kappa shape index (κ1) is 13.7. The van der Waals surface area contributed by atoms with Crippen molar-refractivity contribution in [2.24, 2.45) is 0 Å². The van der Waals surface area contributed by atoms with Crippen LogP contribution in [0.5, 0.6) is 11.5 Å². The highest BCUT2D eigenvalue weighted by atomic mass is 35.5.